The maximum Gasteiger partial charge on any atom is 0.105 e. The molecule has 0 heterocycles. The zero-order valence-electron chi connectivity index (χ0n) is 9.04. The van der Waals surface area contributed by atoms with Crippen molar-refractivity contribution < 1.29 is 15.0 Å². The monoisotopic (exact) mass is 227 g/mol. The summed E-state index contributed by atoms with van der Waals surface area (Å²) in [5.74, 6) is -1.28. The van der Waals surface area contributed by atoms with Crippen LogP contribution in [0.1, 0.15) is 27.6 Å². The summed E-state index contributed by atoms with van der Waals surface area (Å²) in [5.41, 5.74) is 1.02. The molecule has 1 atom stereocenters. The molecule has 86 valence electrons. The molecular weight excluding hydrogens is 216 g/mol. The number of aromatic carboxylic acids is 1. The molecule has 2 aromatic carbocycles. The van der Waals surface area contributed by atoms with Gasteiger partial charge in [-0.05, 0) is 11.1 Å². The predicted octanol–water partition coefficient (Wildman–Crippen LogP) is 1.13. The van der Waals surface area contributed by atoms with Crippen molar-refractivity contribution in [2.45, 2.75) is 6.10 Å². The zero-order chi connectivity index (χ0) is 12.3. The highest BCUT2D eigenvalue weighted by molar-refractivity contribution is 5.87. The lowest BCUT2D eigenvalue weighted by Crippen LogP contribution is -2.24. The van der Waals surface area contributed by atoms with Crippen molar-refractivity contribution in [3.05, 3.63) is 71.3 Å². The SMILES string of the molecule is O=C([O-])c1ccccc1[C@@H](O)c1ccccc1. The molecule has 0 saturated carbocycles. The summed E-state index contributed by atoms with van der Waals surface area (Å²) in [6.07, 6.45) is -0.953. The highest BCUT2D eigenvalue weighted by Crippen LogP contribution is 2.24. The van der Waals surface area contributed by atoms with Crippen molar-refractivity contribution >= 4 is 5.97 Å². The molecule has 3 heteroatoms. The summed E-state index contributed by atoms with van der Waals surface area (Å²) in [5, 5.41) is 21.1. The van der Waals surface area contributed by atoms with Gasteiger partial charge in [-0.1, -0.05) is 54.6 Å². The summed E-state index contributed by atoms with van der Waals surface area (Å²) in [7, 11) is 0. The number of hydrogen-bond acceptors (Lipinski definition) is 3. The number of carbonyl (C=O) groups excluding carboxylic acids is 1. The Morgan fingerprint density at radius 2 is 1.59 bits per heavy atom. The standard InChI is InChI=1S/C14H12O3/c15-13(10-6-2-1-3-7-10)11-8-4-5-9-12(11)14(16)17/h1-9,13,15H,(H,16,17)/p-1/t13-/m0/s1. The number of benzene rings is 2. The average Bonchev–Trinajstić information content (AvgIpc) is 2.39. The second kappa shape index (κ2) is 4.80. The largest absolute Gasteiger partial charge is 0.545 e. The van der Waals surface area contributed by atoms with Crippen LogP contribution in [0.5, 0.6) is 0 Å². The van der Waals surface area contributed by atoms with E-state index in [1.807, 2.05) is 6.07 Å². The third kappa shape index (κ3) is 2.34. The predicted molar refractivity (Wildman–Crippen MR) is 61.3 cm³/mol. The molecule has 17 heavy (non-hydrogen) atoms. The first-order valence-electron chi connectivity index (χ1n) is 5.23. The first kappa shape index (κ1) is 11.4. The van der Waals surface area contributed by atoms with Crippen LogP contribution >= 0.6 is 0 Å². The van der Waals surface area contributed by atoms with Crippen molar-refractivity contribution in [1.82, 2.24) is 0 Å². The van der Waals surface area contributed by atoms with Crippen molar-refractivity contribution in [2.24, 2.45) is 0 Å². The van der Waals surface area contributed by atoms with E-state index in [0.717, 1.165) is 0 Å². The maximum absolute atomic E-state index is 10.9. The van der Waals surface area contributed by atoms with Gasteiger partial charge in [-0.2, -0.15) is 0 Å². The zero-order valence-corrected chi connectivity index (χ0v) is 9.04. The summed E-state index contributed by atoms with van der Waals surface area (Å²) < 4.78 is 0. The first-order valence-corrected chi connectivity index (χ1v) is 5.23. The Bertz CT molecular complexity index is 520. The van der Waals surface area contributed by atoms with Gasteiger partial charge in [0.1, 0.15) is 6.10 Å². The van der Waals surface area contributed by atoms with E-state index in [9.17, 15) is 15.0 Å². The third-order valence-corrected chi connectivity index (χ3v) is 2.59. The van der Waals surface area contributed by atoms with Crippen LogP contribution < -0.4 is 5.11 Å². The van der Waals surface area contributed by atoms with Crippen LogP contribution in [-0.2, 0) is 0 Å². The van der Waals surface area contributed by atoms with Gasteiger partial charge in [0, 0.05) is 5.56 Å². The number of aliphatic hydroxyl groups is 1. The van der Waals surface area contributed by atoms with Crippen molar-refractivity contribution in [2.75, 3.05) is 0 Å². The normalized spacial score (nSPS) is 12.1. The molecule has 0 aliphatic rings. The van der Waals surface area contributed by atoms with Gasteiger partial charge >= 0.3 is 0 Å². The van der Waals surface area contributed by atoms with E-state index in [1.165, 1.54) is 6.07 Å². The van der Waals surface area contributed by atoms with Gasteiger partial charge in [0.05, 0.1) is 5.97 Å². The van der Waals surface area contributed by atoms with E-state index in [4.69, 9.17) is 0 Å². The molecule has 0 amide bonds. The minimum absolute atomic E-state index is 0.0175. The van der Waals surface area contributed by atoms with Crippen molar-refractivity contribution in [3.63, 3.8) is 0 Å². The number of rotatable bonds is 3. The van der Waals surface area contributed by atoms with E-state index >= 15 is 0 Å². The Kier molecular flexibility index (Phi) is 3.21. The Morgan fingerprint density at radius 3 is 2.24 bits per heavy atom. The molecule has 2 aromatic rings. The van der Waals surface area contributed by atoms with E-state index in [1.54, 1.807) is 42.5 Å². The second-order valence-electron chi connectivity index (χ2n) is 3.69. The average molecular weight is 227 g/mol. The molecule has 0 fully saturated rings. The van der Waals surface area contributed by atoms with Gasteiger partial charge in [0.15, 0.2) is 0 Å². The van der Waals surface area contributed by atoms with Crippen LogP contribution in [0.3, 0.4) is 0 Å². The summed E-state index contributed by atoms with van der Waals surface area (Å²) in [4.78, 5) is 10.9. The summed E-state index contributed by atoms with van der Waals surface area (Å²) in [6, 6.07) is 15.2. The van der Waals surface area contributed by atoms with Crippen LogP contribution in [0.25, 0.3) is 0 Å². The van der Waals surface area contributed by atoms with Gasteiger partial charge in [-0.25, -0.2) is 0 Å². The van der Waals surface area contributed by atoms with Gasteiger partial charge in [0.2, 0.25) is 0 Å². The van der Waals surface area contributed by atoms with Crippen molar-refractivity contribution in [3.8, 4) is 0 Å². The molecule has 3 nitrogen and oxygen atoms in total. The molecule has 0 spiro atoms. The fourth-order valence-corrected chi connectivity index (χ4v) is 1.74. The molecular formula is C14H11O3-. The van der Waals surface area contributed by atoms with Crippen LogP contribution in [0.15, 0.2) is 54.6 Å². The molecule has 0 bridgehead atoms. The minimum atomic E-state index is -1.28. The molecule has 0 aliphatic heterocycles. The van der Waals surface area contributed by atoms with E-state index in [2.05, 4.69) is 0 Å². The topological polar surface area (TPSA) is 60.4 Å². The van der Waals surface area contributed by atoms with E-state index in [0.29, 0.717) is 11.1 Å². The lowest BCUT2D eigenvalue weighted by atomic mass is 9.97. The van der Waals surface area contributed by atoms with Gasteiger partial charge in [0.25, 0.3) is 0 Å². The van der Waals surface area contributed by atoms with Crippen LogP contribution in [0, 0.1) is 0 Å². The van der Waals surface area contributed by atoms with Crippen LogP contribution in [0.4, 0.5) is 0 Å². The lowest BCUT2D eigenvalue weighted by Gasteiger charge is -2.16. The van der Waals surface area contributed by atoms with E-state index < -0.39 is 12.1 Å². The van der Waals surface area contributed by atoms with Crippen LogP contribution in [-0.4, -0.2) is 11.1 Å². The first-order chi connectivity index (χ1) is 8.20. The number of carbonyl (C=O) groups is 1. The Hall–Kier alpha value is -2.13. The van der Waals surface area contributed by atoms with Gasteiger partial charge in [-0.15, -0.1) is 0 Å². The van der Waals surface area contributed by atoms with Crippen LogP contribution in [0.2, 0.25) is 0 Å². The minimum Gasteiger partial charge on any atom is -0.545 e. The smallest absolute Gasteiger partial charge is 0.105 e. The highest BCUT2D eigenvalue weighted by atomic mass is 16.4. The highest BCUT2D eigenvalue weighted by Gasteiger charge is 2.13. The quantitative estimate of drug-likeness (QED) is 0.855. The second-order valence-corrected chi connectivity index (χ2v) is 3.69. The molecule has 0 saturated heterocycles. The van der Waals surface area contributed by atoms with Gasteiger partial charge < -0.3 is 15.0 Å². The Morgan fingerprint density at radius 1 is 1.00 bits per heavy atom. The Balaban J connectivity index is 2.44. The number of carboxylic acids is 1. The molecule has 0 aromatic heterocycles. The molecule has 1 N–H and O–H groups in total. The fourth-order valence-electron chi connectivity index (χ4n) is 1.74. The van der Waals surface area contributed by atoms with E-state index in [-0.39, 0.29) is 5.56 Å². The number of aliphatic hydroxyl groups excluding tert-OH is 1. The molecule has 0 aliphatic carbocycles. The van der Waals surface area contributed by atoms with Gasteiger partial charge in [-0.3, -0.25) is 0 Å². The number of hydrogen-bond donors (Lipinski definition) is 1. The maximum atomic E-state index is 10.9. The molecule has 0 unspecified atom stereocenters. The summed E-state index contributed by atoms with van der Waals surface area (Å²) >= 11 is 0. The summed E-state index contributed by atoms with van der Waals surface area (Å²) in [6.45, 7) is 0. The third-order valence-electron chi connectivity index (χ3n) is 2.59. The molecule has 2 rings (SSSR count). The van der Waals surface area contributed by atoms with Crippen molar-refractivity contribution in [1.29, 1.82) is 0 Å². The lowest BCUT2D eigenvalue weighted by molar-refractivity contribution is -0.255. The Labute approximate surface area is 99.0 Å². The number of carboxylic acid groups (broad SMARTS) is 1. The fraction of sp³-hybridized carbons (Fsp3) is 0.0714. The molecule has 0 radical (unpaired) electrons.